The molecule has 0 saturated heterocycles. The fraction of sp³-hybridized carbons (Fsp3) is 0.500. The van der Waals surface area contributed by atoms with Crippen LogP contribution in [0, 0.1) is 0 Å². The number of rotatable bonds is 6. The highest BCUT2D eigenvalue weighted by Gasteiger charge is 2.37. The molecule has 0 bridgehead atoms. The SMILES string of the molecule is CC(C)(C)OC(=O)CN1C=CN(C(=O)OCc2ccccc2)[C@@H](CNC(=O)OC(C)(C)C)C1=O. The minimum Gasteiger partial charge on any atom is -0.459 e. The summed E-state index contributed by atoms with van der Waals surface area (Å²) in [6.07, 6.45) is 1.12. The number of amides is 3. The lowest BCUT2D eigenvalue weighted by Gasteiger charge is -2.35. The Morgan fingerprint density at radius 3 is 2.15 bits per heavy atom. The molecule has 10 heteroatoms. The van der Waals surface area contributed by atoms with Gasteiger partial charge < -0.3 is 24.4 Å². The molecule has 186 valence electrons. The first-order chi connectivity index (χ1) is 15.7. The molecule has 1 aliphatic rings. The summed E-state index contributed by atoms with van der Waals surface area (Å²) in [4.78, 5) is 52.5. The fourth-order valence-corrected chi connectivity index (χ4v) is 2.95. The Kier molecular flexibility index (Phi) is 8.67. The third kappa shape index (κ3) is 8.76. The number of nitrogens with one attached hydrogen (secondary N) is 1. The molecule has 0 radical (unpaired) electrons. The smallest absolute Gasteiger partial charge is 0.415 e. The average Bonchev–Trinajstić information content (AvgIpc) is 2.70. The molecule has 0 unspecified atom stereocenters. The molecule has 1 heterocycles. The summed E-state index contributed by atoms with van der Waals surface area (Å²) >= 11 is 0. The normalized spacial score (nSPS) is 16.2. The van der Waals surface area contributed by atoms with Crippen molar-refractivity contribution in [2.75, 3.05) is 13.1 Å². The largest absolute Gasteiger partial charge is 0.459 e. The van der Waals surface area contributed by atoms with Crippen LogP contribution in [0.25, 0.3) is 0 Å². The van der Waals surface area contributed by atoms with E-state index in [9.17, 15) is 19.2 Å². The highest BCUT2D eigenvalue weighted by molar-refractivity contribution is 5.91. The molecule has 0 saturated carbocycles. The standard InChI is InChI=1S/C24H33N3O7/c1-23(2,3)33-19(28)15-26-12-13-27(22(31)32-16-17-10-8-7-9-11-17)18(20(26)29)14-25-21(30)34-24(4,5)6/h7-13,18H,14-16H2,1-6H3,(H,25,30)/t18-/m0/s1. The number of carbonyl (C=O) groups excluding carboxylic acids is 4. The summed E-state index contributed by atoms with van der Waals surface area (Å²) in [5.74, 6) is -1.19. The first-order valence-corrected chi connectivity index (χ1v) is 10.9. The summed E-state index contributed by atoms with van der Waals surface area (Å²) in [6, 6.07) is 7.92. The minimum atomic E-state index is -1.15. The molecule has 10 nitrogen and oxygen atoms in total. The van der Waals surface area contributed by atoms with Crippen LogP contribution in [-0.2, 0) is 30.4 Å². The Balaban J connectivity index is 2.14. The average molecular weight is 476 g/mol. The van der Waals surface area contributed by atoms with E-state index in [0.29, 0.717) is 0 Å². The first kappa shape index (κ1) is 26.7. The molecule has 1 aromatic carbocycles. The Labute approximate surface area is 199 Å². The maximum Gasteiger partial charge on any atom is 0.415 e. The van der Waals surface area contributed by atoms with Gasteiger partial charge in [0.2, 0.25) is 0 Å². The predicted octanol–water partition coefficient (Wildman–Crippen LogP) is 3.17. The van der Waals surface area contributed by atoms with Crippen molar-refractivity contribution >= 4 is 24.1 Å². The van der Waals surface area contributed by atoms with Crippen molar-refractivity contribution in [3.8, 4) is 0 Å². The fourth-order valence-electron chi connectivity index (χ4n) is 2.95. The van der Waals surface area contributed by atoms with Crippen LogP contribution in [0.2, 0.25) is 0 Å². The van der Waals surface area contributed by atoms with E-state index in [1.165, 1.54) is 12.4 Å². The molecule has 0 aromatic heterocycles. The van der Waals surface area contributed by atoms with Crippen molar-refractivity contribution in [1.29, 1.82) is 0 Å². The van der Waals surface area contributed by atoms with Gasteiger partial charge in [-0.2, -0.15) is 0 Å². The van der Waals surface area contributed by atoms with Crippen molar-refractivity contribution in [1.82, 2.24) is 15.1 Å². The lowest BCUT2D eigenvalue weighted by molar-refractivity contribution is -0.158. The molecule has 1 aliphatic heterocycles. The number of esters is 1. The topological polar surface area (TPSA) is 114 Å². The molecule has 1 atom stereocenters. The maximum absolute atomic E-state index is 13.1. The van der Waals surface area contributed by atoms with Crippen LogP contribution in [0.4, 0.5) is 9.59 Å². The van der Waals surface area contributed by atoms with Crippen molar-refractivity contribution in [3.63, 3.8) is 0 Å². The molecule has 34 heavy (non-hydrogen) atoms. The van der Waals surface area contributed by atoms with Crippen LogP contribution < -0.4 is 5.32 Å². The van der Waals surface area contributed by atoms with E-state index in [1.54, 1.807) is 53.7 Å². The zero-order chi connectivity index (χ0) is 25.5. The van der Waals surface area contributed by atoms with Crippen LogP contribution in [0.5, 0.6) is 0 Å². The molecule has 3 amide bonds. The highest BCUT2D eigenvalue weighted by atomic mass is 16.6. The van der Waals surface area contributed by atoms with E-state index in [2.05, 4.69) is 5.32 Å². The molecular weight excluding hydrogens is 442 g/mol. The van der Waals surface area contributed by atoms with Crippen molar-refractivity contribution in [2.45, 2.75) is 65.4 Å². The zero-order valence-corrected chi connectivity index (χ0v) is 20.5. The highest BCUT2D eigenvalue weighted by Crippen LogP contribution is 2.17. The number of benzene rings is 1. The van der Waals surface area contributed by atoms with Gasteiger partial charge in [0, 0.05) is 12.4 Å². The summed E-state index contributed by atoms with van der Waals surface area (Å²) in [5, 5.41) is 2.50. The van der Waals surface area contributed by atoms with Crippen LogP contribution >= 0.6 is 0 Å². The molecule has 0 fully saturated rings. The van der Waals surface area contributed by atoms with E-state index in [-0.39, 0.29) is 19.7 Å². The Morgan fingerprint density at radius 1 is 0.941 bits per heavy atom. The van der Waals surface area contributed by atoms with Crippen molar-refractivity contribution in [2.24, 2.45) is 0 Å². The van der Waals surface area contributed by atoms with Gasteiger partial charge >= 0.3 is 18.2 Å². The molecule has 0 spiro atoms. The Bertz CT molecular complexity index is 917. The van der Waals surface area contributed by atoms with Crippen LogP contribution in [0.15, 0.2) is 42.7 Å². The van der Waals surface area contributed by atoms with E-state index in [4.69, 9.17) is 14.2 Å². The van der Waals surface area contributed by atoms with Gasteiger partial charge in [0.05, 0.1) is 6.54 Å². The van der Waals surface area contributed by atoms with E-state index in [1.807, 2.05) is 18.2 Å². The van der Waals surface area contributed by atoms with Crippen LogP contribution in [0.3, 0.4) is 0 Å². The van der Waals surface area contributed by atoms with Gasteiger partial charge in [-0.1, -0.05) is 30.3 Å². The molecule has 2 rings (SSSR count). The van der Waals surface area contributed by atoms with Gasteiger partial charge in [0.1, 0.15) is 30.4 Å². The second-order valence-corrected chi connectivity index (χ2v) is 9.70. The monoisotopic (exact) mass is 475 g/mol. The number of carbonyl (C=O) groups is 4. The third-order valence-electron chi connectivity index (χ3n) is 4.29. The Hall–Kier alpha value is -3.56. The number of hydrogen-bond acceptors (Lipinski definition) is 7. The van der Waals surface area contributed by atoms with E-state index < -0.39 is 41.3 Å². The van der Waals surface area contributed by atoms with Gasteiger partial charge in [-0.05, 0) is 47.1 Å². The minimum absolute atomic E-state index is 0.00599. The van der Waals surface area contributed by atoms with Crippen molar-refractivity contribution in [3.05, 3.63) is 48.3 Å². The number of nitrogens with zero attached hydrogens (tertiary/aromatic N) is 2. The van der Waals surface area contributed by atoms with Gasteiger partial charge in [0.25, 0.3) is 5.91 Å². The summed E-state index contributed by atoms with van der Waals surface area (Å²) < 4.78 is 15.8. The summed E-state index contributed by atoms with van der Waals surface area (Å²) in [7, 11) is 0. The van der Waals surface area contributed by atoms with Gasteiger partial charge in [0.15, 0.2) is 0 Å². The van der Waals surface area contributed by atoms with Gasteiger partial charge in [-0.15, -0.1) is 0 Å². The molecule has 1 N–H and O–H groups in total. The molecular formula is C24H33N3O7. The third-order valence-corrected chi connectivity index (χ3v) is 4.29. The van der Waals surface area contributed by atoms with Crippen LogP contribution in [0.1, 0.15) is 47.1 Å². The number of ether oxygens (including phenoxy) is 3. The van der Waals surface area contributed by atoms with Crippen LogP contribution in [-0.4, -0.2) is 64.2 Å². The second kappa shape index (κ2) is 11.0. The zero-order valence-electron chi connectivity index (χ0n) is 20.5. The molecule has 0 aliphatic carbocycles. The van der Waals surface area contributed by atoms with E-state index >= 15 is 0 Å². The van der Waals surface area contributed by atoms with Gasteiger partial charge in [-0.3, -0.25) is 14.5 Å². The predicted molar refractivity (Wildman–Crippen MR) is 123 cm³/mol. The van der Waals surface area contributed by atoms with E-state index in [0.717, 1.165) is 15.4 Å². The summed E-state index contributed by atoms with van der Waals surface area (Å²) in [6.45, 7) is 9.69. The Morgan fingerprint density at radius 2 is 1.56 bits per heavy atom. The van der Waals surface area contributed by atoms with Gasteiger partial charge in [-0.25, -0.2) is 9.59 Å². The first-order valence-electron chi connectivity index (χ1n) is 10.9. The maximum atomic E-state index is 13.1. The number of hydrogen-bond donors (Lipinski definition) is 1. The quantitative estimate of drug-likeness (QED) is 0.496. The summed E-state index contributed by atoms with van der Waals surface area (Å²) in [5.41, 5.74) is -0.680. The number of alkyl carbamates (subject to hydrolysis) is 1. The second-order valence-electron chi connectivity index (χ2n) is 9.70. The molecule has 1 aromatic rings. The lowest BCUT2D eigenvalue weighted by atomic mass is 10.2. The van der Waals surface area contributed by atoms with Crippen molar-refractivity contribution < 1.29 is 33.4 Å². The lowest BCUT2D eigenvalue weighted by Crippen LogP contribution is -2.56.